The van der Waals surface area contributed by atoms with Gasteiger partial charge in [-0.1, -0.05) is 20.8 Å². The number of aryl methyl sites for hydroxylation is 1. The van der Waals surface area contributed by atoms with E-state index in [9.17, 15) is 9.90 Å². The summed E-state index contributed by atoms with van der Waals surface area (Å²) in [6, 6.07) is 1.83. The van der Waals surface area contributed by atoms with Crippen LogP contribution in [0, 0.1) is 0 Å². The van der Waals surface area contributed by atoms with Crippen molar-refractivity contribution in [3.63, 3.8) is 0 Å². The lowest BCUT2D eigenvalue weighted by Crippen LogP contribution is -2.00. The third-order valence-corrected chi connectivity index (χ3v) is 5.28. The minimum Gasteiger partial charge on any atom is -0.485 e. The Hall–Kier alpha value is -1.40. The molecule has 0 amide bonds. The number of carbonyl (C=O) groups is 1. The van der Waals surface area contributed by atoms with Crippen molar-refractivity contribution in [1.29, 1.82) is 0 Å². The number of aromatic nitrogens is 1. The molecule has 0 spiro atoms. The SMILES string of the molecule is CCCc1nc(COc2cc(C(C)C)sc2C(=O)O)cs1. The van der Waals surface area contributed by atoms with Crippen LogP contribution < -0.4 is 4.74 Å². The molecule has 1 N–H and O–H groups in total. The molecular weight excluding hydrogens is 306 g/mol. The summed E-state index contributed by atoms with van der Waals surface area (Å²) in [5.74, 6) is -0.200. The molecule has 0 bridgehead atoms. The van der Waals surface area contributed by atoms with Gasteiger partial charge in [-0.05, 0) is 24.8 Å². The van der Waals surface area contributed by atoms with Crippen molar-refractivity contribution >= 4 is 28.6 Å². The van der Waals surface area contributed by atoms with E-state index in [4.69, 9.17) is 4.74 Å². The van der Waals surface area contributed by atoms with Crippen molar-refractivity contribution in [2.75, 3.05) is 0 Å². The van der Waals surface area contributed by atoms with Gasteiger partial charge < -0.3 is 9.84 Å². The van der Waals surface area contributed by atoms with Crippen LogP contribution in [0.1, 0.15) is 58.4 Å². The van der Waals surface area contributed by atoms with Crippen molar-refractivity contribution in [1.82, 2.24) is 4.98 Å². The van der Waals surface area contributed by atoms with E-state index >= 15 is 0 Å². The van der Waals surface area contributed by atoms with Crippen LogP contribution in [0.2, 0.25) is 0 Å². The smallest absolute Gasteiger partial charge is 0.349 e. The number of carboxylic acids is 1. The lowest BCUT2D eigenvalue weighted by atomic mass is 10.2. The van der Waals surface area contributed by atoms with E-state index in [1.165, 1.54) is 11.3 Å². The number of nitrogens with zero attached hydrogens (tertiary/aromatic N) is 1. The lowest BCUT2D eigenvalue weighted by Gasteiger charge is -2.02. The van der Waals surface area contributed by atoms with Crippen LogP contribution in [0.3, 0.4) is 0 Å². The van der Waals surface area contributed by atoms with E-state index < -0.39 is 5.97 Å². The monoisotopic (exact) mass is 325 g/mol. The molecule has 2 heterocycles. The van der Waals surface area contributed by atoms with Gasteiger partial charge in [0, 0.05) is 10.3 Å². The molecule has 0 aromatic carbocycles. The molecule has 2 aromatic heterocycles. The van der Waals surface area contributed by atoms with E-state index in [-0.39, 0.29) is 4.88 Å². The Morgan fingerprint density at radius 1 is 1.48 bits per heavy atom. The Bertz CT molecular complexity index is 616. The maximum Gasteiger partial charge on any atom is 0.349 e. The number of aromatic carboxylic acids is 1. The van der Waals surface area contributed by atoms with Gasteiger partial charge in [0.2, 0.25) is 0 Å². The maximum atomic E-state index is 11.3. The van der Waals surface area contributed by atoms with Gasteiger partial charge in [0.1, 0.15) is 12.4 Å². The molecule has 4 nitrogen and oxygen atoms in total. The van der Waals surface area contributed by atoms with Gasteiger partial charge in [-0.2, -0.15) is 0 Å². The van der Waals surface area contributed by atoms with Gasteiger partial charge in [0.15, 0.2) is 4.88 Å². The second-order valence-electron chi connectivity index (χ2n) is 5.07. The fourth-order valence-electron chi connectivity index (χ4n) is 1.83. The van der Waals surface area contributed by atoms with Crippen molar-refractivity contribution in [2.45, 2.75) is 46.1 Å². The largest absolute Gasteiger partial charge is 0.485 e. The Morgan fingerprint density at radius 2 is 2.24 bits per heavy atom. The number of rotatable bonds is 7. The predicted octanol–water partition coefficient (Wildman–Crippen LogP) is 4.56. The molecule has 0 saturated carbocycles. The van der Waals surface area contributed by atoms with Crippen molar-refractivity contribution < 1.29 is 14.6 Å². The van der Waals surface area contributed by atoms with Crippen LogP contribution >= 0.6 is 22.7 Å². The van der Waals surface area contributed by atoms with Crippen LogP contribution in [-0.4, -0.2) is 16.1 Å². The highest BCUT2D eigenvalue weighted by Crippen LogP contribution is 2.34. The lowest BCUT2D eigenvalue weighted by molar-refractivity contribution is 0.0697. The first-order chi connectivity index (χ1) is 10.0. The van der Waals surface area contributed by atoms with Gasteiger partial charge in [0.25, 0.3) is 0 Å². The summed E-state index contributed by atoms with van der Waals surface area (Å²) in [5.41, 5.74) is 0.858. The van der Waals surface area contributed by atoms with Gasteiger partial charge in [-0.25, -0.2) is 9.78 Å². The Balaban J connectivity index is 2.09. The molecule has 0 unspecified atom stereocenters. The molecule has 0 atom stereocenters. The number of ether oxygens (including phenoxy) is 1. The Kier molecular flexibility index (Phi) is 5.36. The molecule has 0 aliphatic carbocycles. The molecule has 2 aromatic rings. The van der Waals surface area contributed by atoms with E-state index in [0.717, 1.165) is 28.4 Å². The minimum atomic E-state index is -0.938. The maximum absolute atomic E-state index is 11.3. The summed E-state index contributed by atoms with van der Waals surface area (Å²) in [5, 5.41) is 12.3. The number of hydrogen-bond acceptors (Lipinski definition) is 5. The second-order valence-corrected chi connectivity index (χ2v) is 7.10. The molecule has 6 heteroatoms. The molecule has 114 valence electrons. The standard InChI is InChI=1S/C15H19NO3S2/c1-4-5-13-16-10(8-20-13)7-19-11-6-12(9(2)3)21-14(11)15(17)18/h6,8-9H,4-5,7H2,1-3H3,(H,17,18). The fourth-order valence-corrected chi connectivity index (χ4v) is 3.66. The molecular formula is C15H19NO3S2. The van der Waals surface area contributed by atoms with Gasteiger partial charge in [-0.15, -0.1) is 22.7 Å². The summed E-state index contributed by atoms with van der Waals surface area (Å²) >= 11 is 2.91. The molecule has 0 aliphatic rings. The number of carboxylic acid groups (broad SMARTS) is 1. The quantitative estimate of drug-likeness (QED) is 0.811. The average Bonchev–Trinajstić information content (AvgIpc) is 3.03. The topological polar surface area (TPSA) is 59.4 Å². The minimum absolute atomic E-state index is 0.266. The van der Waals surface area contributed by atoms with Crippen molar-refractivity contribution in [3.05, 3.63) is 31.9 Å². The van der Waals surface area contributed by atoms with Crippen LogP contribution in [0.25, 0.3) is 0 Å². The van der Waals surface area contributed by atoms with Gasteiger partial charge in [-0.3, -0.25) is 0 Å². The third-order valence-electron chi connectivity index (χ3n) is 2.92. The molecule has 2 rings (SSSR count). The third kappa shape index (κ3) is 4.04. The Morgan fingerprint density at radius 3 is 2.86 bits per heavy atom. The summed E-state index contributed by atoms with van der Waals surface area (Å²) in [6.45, 7) is 6.52. The first-order valence-electron chi connectivity index (χ1n) is 6.94. The zero-order valence-electron chi connectivity index (χ0n) is 12.4. The van der Waals surface area contributed by atoms with Crippen LogP contribution in [0.5, 0.6) is 5.75 Å². The predicted molar refractivity (Wildman–Crippen MR) is 85.8 cm³/mol. The van der Waals surface area contributed by atoms with E-state index in [1.54, 1.807) is 11.3 Å². The zero-order chi connectivity index (χ0) is 15.4. The van der Waals surface area contributed by atoms with Crippen LogP contribution in [0.15, 0.2) is 11.4 Å². The highest BCUT2D eigenvalue weighted by atomic mass is 32.1. The van der Waals surface area contributed by atoms with Crippen molar-refractivity contribution in [2.24, 2.45) is 0 Å². The molecule has 0 aliphatic heterocycles. The van der Waals surface area contributed by atoms with E-state index in [0.29, 0.717) is 18.3 Å². The first-order valence-corrected chi connectivity index (χ1v) is 8.64. The molecule has 0 fully saturated rings. The number of hydrogen-bond donors (Lipinski definition) is 1. The van der Waals surface area contributed by atoms with Gasteiger partial charge in [0.05, 0.1) is 10.7 Å². The van der Waals surface area contributed by atoms with Crippen LogP contribution in [-0.2, 0) is 13.0 Å². The second kappa shape index (κ2) is 7.04. The Labute approximate surface area is 132 Å². The summed E-state index contributed by atoms with van der Waals surface area (Å²) in [6.07, 6.45) is 2.04. The van der Waals surface area contributed by atoms with E-state index in [2.05, 4.69) is 11.9 Å². The number of thiazole rings is 1. The summed E-state index contributed by atoms with van der Waals surface area (Å²) in [7, 11) is 0. The first kappa shape index (κ1) is 16.0. The molecule has 21 heavy (non-hydrogen) atoms. The summed E-state index contributed by atoms with van der Waals surface area (Å²) < 4.78 is 5.68. The highest BCUT2D eigenvalue weighted by Gasteiger charge is 2.18. The van der Waals surface area contributed by atoms with Crippen LogP contribution in [0.4, 0.5) is 0 Å². The van der Waals surface area contributed by atoms with E-state index in [1.807, 2.05) is 25.3 Å². The fraction of sp³-hybridized carbons (Fsp3) is 0.467. The number of thiophene rings is 1. The molecule has 0 radical (unpaired) electrons. The average molecular weight is 325 g/mol. The van der Waals surface area contributed by atoms with Gasteiger partial charge >= 0.3 is 5.97 Å². The van der Waals surface area contributed by atoms with Crippen molar-refractivity contribution in [3.8, 4) is 5.75 Å². The summed E-state index contributed by atoms with van der Waals surface area (Å²) in [4.78, 5) is 17.0. The highest BCUT2D eigenvalue weighted by molar-refractivity contribution is 7.14. The zero-order valence-corrected chi connectivity index (χ0v) is 14.0. The normalized spacial score (nSPS) is 11.0. The molecule has 0 saturated heterocycles.